The average Bonchev–Trinajstić information content (AvgIpc) is 2.25. The molecule has 0 radical (unpaired) electrons. The van der Waals surface area contributed by atoms with Crippen LogP contribution in [-0.2, 0) is 4.74 Å². The van der Waals surface area contributed by atoms with Crippen LogP contribution in [0.2, 0.25) is 0 Å². The molecule has 15 heavy (non-hydrogen) atoms. The zero-order chi connectivity index (χ0) is 11.3. The number of ether oxygens (including phenoxy) is 1. The fourth-order valence-corrected chi connectivity index (χ4v) is 1.23. The molecule has 0 bridgehead atoms. The topological polar surface area (TPSA) is 36.3 Å². The van der Waals surface area contributed by atoms with Gasteiger partial charge in [0.1, 0.15) is 5.82 Å². The molecule has 0 heterocycles. The fourth-order valence-electron chi connectivity index (χ4n) is 1.23. The largest absolute Gasteiger partial charge is 0.383 e. The Balaban J connectivity index is 2.82. The van der Waals surface area contributed by atoms with Crippen molar-refractivity contribution in [3.8, 4) is 6.07 Å². The molecule has 1 rings (SSSR count). The van der Waals surface area contributed by atoms with Crippen molar-refractivity contribution in [3.05, 3.63) is 29.6 Å². The maximum Gasteiger partial charge on any atom is 0.147 e. The smallest absolute Gasteiger partial charge is 0.147 e. The Morgan fingerprint density at radius 1 is 1.53 bits per heavy atom. The molecule has 0 aliphatic heterocycles. The highest BCUT2D eigenvalue weighted by atomic mass is 19.1. The molecular formula is C11H13FN2O. The van der Waals surface area contributed by atoms with Gasteiger partial charge in [0.05, 0.1) is 23.9 Å². The van der Waals surface area contributed by atoms with E-state index in [9.17, 15) is 4.39 Å². The molecule has 0 spiro atoms. The van der Waals surface area contributed by atoms with Gasteiger partial charge >= 0.3 is 0 Å². The standard InChI is InChI=1S/C11H13FN2O/c1-14(5-6-15-2)11-4-3-9(8-13)7-10(11)12/h3-4,7H,5-6H2,1-2H3. The van der Waals surface area contributed by atoms with Gasteiger partial charge in [-0.2, -0.15) is 5.26 Å². The number of halogens is 1. The van der Waals surface area contributed by atoms with Gasteiger partial charge in [-0.05, 0) is 18.2 Å². The summed E-state index contributed by atoms with van der Waals surface area (Å²) in [4.78, 5) is 1.75. The number of methoxy groups -OCH3 is 1. The molecule has 0 saturated heterocycles. The van der Waals surface area contributed by atoms with E-state index >= 15 is 0 Å². The second-order valence-corrected chi connectivity index (χ2v) is 3.19. The second-order valence-electron chi connectivity index (χ2n) is 3.19. The predicted molar refractivity (Wildman–Crippen MR) is 56.3 cm³/mol. The Bertz CT molecular complexity index is 373. The lowest BCUT2D eigenvalue weighted by molar-refractivity contribution is 0.206. The summed E-state index contributed by atoms with van der Waals surface area (Å²) < 4.78 is 18.4. The van der Waals surface area contributed by atoms with Gasteiger partial charge in [0.25, 0.3) is 0 Å². The molecular weight excluding hydrogens is 195 g/mol. The van der Waals surface area contributed by atoms with Crippen molar-refractivity contribution in [3.63, 3.8) is 0 Å². The third-order valence-electron chi connectivity index (χ3n) is 2.12. The van der Waals surface area contributed by atoms with Crippen LogP contribution in [0.5, 0.6) is 0 Å². The van der Waals surface area contributed by atoms with Crippen LogP contribution in [0.25, 0.3) is 0 Å². The second kappa shape index (κ2) is 5.32. The molecule has 1 aromatic rings. The zero-order valence-electron chi connectivity index (χ0n) is 8.83. The van der Waals surface area contributed by atoms with Gasteiger partial charge in [-0.1, -0.05) is 0 Å². The number of hydrogen-bond acceptors (Lipinski definition) is 3. The Hall–Kier alpha value is -1.60. The minimum Gasteiger partial charge on any atom is -0.383 e. The van der Waals surface area contributed by atoms with E-state index in [0.717, 1.165) is 0 Å². The Morgan fingerprint density at radius 3 is 2.80 bits per heavy atom. The number of anilines is 1. The third-order valence-corrected chi connectivity index (χ3v) is 2.12. The van der Waals surface area contributed by atoms with Crippen molar-refractivity contribution < 1.29 is 9.13 Å². The molecule has 4 heteroatoms. The molecule has 80 valence electrons. The Kier molecular flexibility index (Phi) is 4.07. The number of nitrogens with zero attached hydrogens (tertiary/aromatic N) is 2. The molecule has 0 fully saturated rings. The molecule has 0 aliphatic carbocycles. The molecule has 3 nitrogen and oxygen atoms in total. The van der Waals surface area contributed by atoms with E-state index in [1.165, 1.54) is 6.07 Å². The Labute approximate surface area is 88.7 Å². The maximum absolute atomic E-state index is 13.5. The summed E-state index contributed by atoms with van der Waals surface area (Å²) in [5.41, 5.74) is 0.808. The summed E-state index contributed by atoms with van der Waals surface area (Å²) >= 11 is 0. The summed E-state index contributed by atoms with van der Waals surface area (Å²) in [6.45, 7) is 1.15. The van der Waals surface area contributed by atoms with Crippen LogP contribution in [0.1, 0.15) is 5.56 Å². The van der Waals surface area contributed by atoms with Crippen LogP contribution < -0.4 is 4.90 Å². The third kappa shape index (κ3) is 2.93. The van der Waals surface area contributed by atoms with Crippen LogP contribution in [-0.4, -0.2) is 27.3 Å². The summed E-state index contributed by atoms with van der Waals surface area (Å²) in [7, 11) is 3.38. The summed E-state index contributed by atoms with van der Waals surface area (Å²) in [6, 6.07) is 6.33. The van der Waals surface area contributed by atoms with E-state index < -0.39 is 0 Å². The predicted octanol–water partition coefficient (Wildman–Crippen LogP) is 1.78. The zero-order valence-corrected chi connectivity index (χ0v) is 8.83. The van der Waals surface area contributed by atoms with Crippen LogP contribution in [0, 0.1) is 17.1 Å². The van der Waals surface area contributed by atoms with E-state index in [0.29, 0.717) is 24.4 Å². The van der Waals surface area contributed by atoms with Gasteiger partial charge in [-0.3, -0.25) is 0 Å². The lowest BCUT2D eigenvalue weighted by atomic mass is 10.2. The normalized spacial score (nSPS) is 9.73. The van der Waals surface area contributed by atoms with Crippen LogP contribution in [0.3, 0.4) is 0 Å². The van der Waals surface area contributed by atoms with Gasteiger partial charge in [0, 0.05) is 20.7 Å². The van der Waals surface area contributed by atoms with Gasteiger partial charge in [0.2, 0.25) is 0 Å². The number of benzene rings is 1. The molecule has 0 atom stereocenters. The van der Waals surface area contributed by atoms with Crippen LogP contribution in [0.4, 0.5) is 10.1 Å². The lowest BCUT2D eigenvalue weighted by Gasteiger charge is -2.19. The maximum atomic E-state index is 13.5. The van der Waals surface area contributed by atoms with Crippen molar-refractivity contribution in [2.45, 2.75) is 0 Å². The first-order chi connectivity index (χ1) is 7.19. The van der Waals surface area contributed by atoms with Crippen molar-refractivity contribution in [1.82, 2.24) is 0 Å². The number of likely N-dealkylation sites (N-methyl/N-ethyl adjacent to an activating group) is 1. The lowest BCUT2D eigenvalue weighted by Crippen LogP contribution is -2.23. The molecule has 0 aliphatic rings. The van der Waals surface area contributed by atoms with E-state index in [1.807, 2.05) is 6.07 Å². The quantitative estimate of drug-likeness (QED) is 0.756. The first-order valence-corrected chi connectivity index (χ1v) is 4.58. The van der Waals surface area contributed by atoms with Gasteiger partial charge in [-0.15, -0.1) is 0 Å². The van der Waals surface area contributed by atoms with E-state index in [2.05, 4.69) is 0 Å². The van der Waals surface area contributed by atoms with Crippen molar-refractivity contribution in [2.24, 2.45) is 0 Å². The Morgan fingerprint density at radius 2 is 2.27 bits per heavy atom. The van der Waals surface area contributed by atoms with E-state index in [-0.39, 0.29) is 5.82 Å². The summed E-state index contributed by atoms with van der Waals surface area (Å²) in [5, 5.41) is 8.58. The van der Waals surface area contributed by atoms with Crippen molar-refractivity contribution in [2.75, 3.05) is 32.2 Å². The molecule has 0 amide bonds. The minimum atomic E-state index is -0.382. The summed E-state index contributed by atoms with van der Waals surface area (Å²) in [6.07, 6.45) is 0. The van der Waals surface area contributed by atoms with Crippen LogP contribution in [0.15, 0.2) is 18.2 Å². The van der Waals surface area contributed by atoms with Crippen molar-refractivity contribution >= 4 is 5.69 Å². The number of rotatable bonds is 4. The van der Waals surface area contributed by atoms with E-state index in [1.54, 1.807) is 31.2 Å². The molecule has 0 saturated carbocycles. The SMILES string of the molecule is COCCN(C)c1ccc(C#N)cc1F. The monoisotopic (exact) mass is 208 g/mol. The first kappa shape index (κ1) is 11.5. The van der Waals surface area contributed by atoms with Gasteiger partial charge < -0.3 is 9.64 Å². The molecule has 0 unspecified atom stereocenters. The minimum absolute atomic E-state index is 0.330. The molecule has 0 aromatic heterocycles. The molecule has 1 aromatic carbocycles. The number of nitriles is 1. The highest BCUT2D eigenvalue weighted by Gasteiger charge is 2.07. The van der Waals surface area contributed by atoms with Gasteiger partial charge in [0.15, 0.2) is 0 Å². The molecule has 0 N–H and O–H groups in total. The van der Waals surface area contributed by atoms with E-state index in [4.69, 9.17) is 10.00 Å². The summed E-state index contributed by atoms with van der Waals surface area (Å²) in [5.74, 6) is -0.382. The van der Waals surface area contributed by atoms with Crippen LogP contribution >= 0.6 is 0 Å². The fraction of sp³-hybridized carbons (Fsp3) is 0.364. The average molecular weight is 208 g/mol. The number of hydrogen-bond donors (Lipinski definition) is 0. The van der Waals surface area contributed by atoms with Gasteiger partial charge in [-0.25, -0.2) is 4.39 Å². The highest BCUT2D eigenvalue weighted by Crippen LogP contribution is 2.18. The van der Waals surface area contributed by atoms with Crippen molar-refractivity contribution in [1.29, 1.82) is 5.26 Å². The highest BCUT2D eigenvalue weighted by molar-refractivity contribution is 5.50. The first-order valence-electron chi connectivity index (χ1n) is 4.58.